The van der Waals surface area contributed by atoms with Gasteiger partial charge in [0.2, 0.25) is 0 Å². The van der Waals surface area contributed by atoms with E-state index in [4.69, 9.17) is 0 Å². The maximum Gasteiger partial charge on any atom is -0.00912 e. The van der Waals surface area contributed by atoms with Gasteiger partial charge in [-0.3, -0.25) is 0 Å². The van der Waals surface area contributed by atoms with E-state index in [2.05, 4.69) is 76.2 Å². The zero-order valence-corrected chi connectivity index (χ0v) is 32.4. The van der Waals surface area contributed by atoms with Crippen molar-refractivity contribution in [2.75, 3.05) is 0 Å². The van der Waals surface area contributed by atoms with Gasteiger partial charge >= 0.3 is 0 Å². The molecule has 0 bridgehead atoms. The molecule has 0 nitrogen and oxygen atoms in total. The monoisotopic (exact) mass is 669 g/mol. The number of hydrogen-bond donors (Lipinski definition) is 0. The fourth-order valence-electron chi connectivity index (χ4n) is 10.1. The third-order valence-corrected chi connectivity index (χ3v) is 11.9. The molecule has 6 aliphatic carbocycles. The second kappa shape index (κ2) is 26.3. The van der Waals surface area contributed by atoms with Crippen LogP contribution in [-0.2, 0) is 12.8 Å². The van der Waals surface area contributed by atoms with Gasteiger partial charge in [0.1, 0.15) is 0 Å². The van der Waals surface area contributed by atoms with Gasteiger partial charge in [0.25, 0.3) is 0 Å². The van der Waals surface area contributed by atoms with E-state index in [1.54, 1.807) is 22.3 Å². The summed E-state index contributed by atoms with van der Waals surface area (Å²) in [5, 5.41) is 0. The first-order chi connectivity index (χ1) is 21.5. The second-order valence-electron chi connectivity index (χ2n) is 12.8. The number of rotatable bonds is 0. The molecule has 0 spiro atoms. The zero-order chi connectivity index (χ0) is 33.7. The van der Waals surface area contributed by atoms with Crippen molar-refractivity contribution in [2.45, 2.75) is 178 Å². The largest absolute Gasteiger partial charge is 0.0776 e. The number of hydrogen-bond acceptors (Lipinski definition) is 0. The summed E-state index contributed by atoms with van der Waals surface area (Å²) in [5.74, 6) is 11.9. The molecular weight excluding hydrogens is 577 g/mol. The molecule has 284 valence electrons. The fraction of sp³-hybridized carbons (Fsp3) is 0.750. The van der Waals surface area contributed by atoms with Crippen LogP contribution in [0.1, 0.15) is 187 Å². The summed E-state index contributed by atoms with van der Waals surface area (Å²) >= 11 is 0. The molecule has 48 heavy (non-hydrogen) atoms. The quantitative estimate of drug-likeness (QED) is 0.262. The first-order valence-electron chi connectivity index (χ1n) is 19.7. The van der Waals surface area contributed by atoms with E-state index in [0.29, 0.717) is 0 Å². The number of fused-ring (bicyclic) bond motifs is 12. The lowest BCUT2D eigenvalue weighted by atomic mass is 9.57. The molecule has 0 heteroatoms. The van der Waals surface area contributed by atoms with E-state index in [1.807, 2.05) is 83.1 Å². The van der Waals surface area contributed by atoms with E-state index < -0.39 is 0 Å². The van der Waals surface area contributed by atoms with Crippen LogP contribution in [0.5, 0.6) is 0 Å². The highest BCUT2D eigenvalue weighted by atomic mass is 14.6. The molecule has 0 aromatic heterocycles. The van der Waals surface area contributed by atoms with Crippen molar-refractivity contribution in [3.05, 3.63) is 70.8 Å². The van der Waals surface area contributed by atoms with E-state index in [-0.39, 0.29) is 29.7 Å². The van der Waals surface area contributed by atoms with E-state index in [0.717, 1.165) is 71.0 Å². The predicted molar refractivity (Wildman–Crippen MR) is 228 cm³/mol. The van der Waals surface area contributed by atoms with Crippen molar-refractivity contribution in [1.29, 1.82) is 0 Å². The van der Waals surface area contributed by atoms with Crippen LogP contribution in [0.3, 0.4) is 0 Å². The van der Waals surface area contributed by atoms with Crippen molar-refractivity contribution >= 4 is 0 Å². The molecule has 6 aliphatic rings. The summed E-state index contributed by atoms with van der Waals surface area (Å²) in [7, 11) is 0. The lowest BCUT2D eigenvalue weighted by Gasteiger charge is -2.47. The Morgan fingerprint density at radius 2 is 0.750 bits per heavy atom. The molecule has 0 saturated heterocycles. The molecule has 2 aromatic rings. The first-order valence-corrected chi connectivity index (χ1v) is 19.7. The van der Waals surface area contributed by atoms with Crippen LogP contribution in [0.4, 0.5) is 0 Å². The summed E-state index contributed by atoms with van der Waals surface area (Å²) in [6.07, 6.45) is 5.74. The highest BCUT2D eigenvalue weighted by Gasteiger charge is 2.61. The van der Waals surface area contributed by atoms with Crippen molar-refractivity contribution in [2.24, 2.45) is 59.2 Å². The maximum atomic E-state index is 2.49. The van der Waals surface area contributed by atoms with Gasteiger partial charge in [0.05, 0.1) is 0 Å². The number of benzene rings is 2. The van der Waals surface area contributed by atoms with Crippen LogP contribution in [0.15, 0.2) is 48.5 Å². The minimum absolute atomic E-state index is 0. The third-order valence-electron chi connectivity index (χ3n) is 11.9. The second-order valence-corrected chi connectivity index (χ2v) is 12.8. The summed E-state index contributed by atoms with van der Waals surface area (Å²) < 4.78 is 0. The van der Waals surface area contributed by atoms with Crippen LogP contribution in [0.25, 0.3) is 0 Å². The lowest BCUT2D eigenvalue weighted by molar-refractivity contribution is 0.0482. The first kappa shape index (κ1) is 53.2. The topological polar surface area (TPSA) is 0 Å². The highest BCUT2D eigenvalue weighted by Crippen LogP contribution is 2.68. The van der Waals surface area contributed by atoms with Crippen LogP contribution in [-0.4, -0.2) is 0 Å². The normalized spacial score (nSPS) is 32.8. The van der Waals surface area contributed by atoms with Gasteiger partial charge in [0, 0.05) is 0 Å². The molecule has 8 rings (SSSR count). The summed E-state index contributed by atoms with van der Waals surface area (Å²) in [6.45, 7) is 33.9. The van der Waals surface area contributed by atoms with Crippen LogP contribution in [0.2, 0.25) is 0 Å². The molecule has 0 amide bonds. The van der Waals surface area contributed by atoms with Gasteiger partial charge in [0.15, 0.2) is 0 Å². The minimum atomic E-state index is 0. The predicted octanol–water partition coefficient (Wildman–Crippen LogP) is 16.4. The summed E-state index contributed by atoms with van der Waals surface area (Å²) in [5.41, 5.74) is 6.73. The smallest absolute Gasteiger partial charge is 0.00912 e. The Kier molecular flexibility index (Phi) is 29.1. The Bertz CT molecular complexity index is 1030. The van der Waals surface area contributed by atoms with Gasteiger partial charge in [-0.15, -0.1) is 0 Å². The minimum Gasteiger partial charge on any atom is -0.0776 e. The zero-order valence-electron chi connectivity index (χ0n) is 32.4. The molecule has 2 unspecified atom stereocenters. The molecule has 0 heterocycles. The maximum absolute atomic E-state index is 2.49. The van der Waals surface area contributed by atoms with E-state index >= 15 is 0 Å². The fourth-order valence-corrected chi connectivity index (χ4v) is 10.1. The Labute approximate surface area is 307 Å². The van der Waals surface area contributed by atoms with Crippen molar-refractivity contribution < 1.29 is 0 Å². The lowest BCUT2D eigenvalue weighted by Crippen LogP contribution is -2.41. The van der Waals surface area contributed by atoms with Crippen LogP contribution >= 0.6 is 0 Å². The third kappa shape index (κ3) is 9.81. The molecule has 4 fully saturated rings. The van der Waals surface area contributed by atoms with Crippen molar-refractivity contribution in [3.63, 3.8) is 0 Å². The Hall–Kier alpha value is -1.56. The van der Waals surface area contributed by atoms with E-state index in [9.17, 15) is 0 Å². The average molecular weight is 669 g/mol. The molecule has 0 radical (unpaired) electrons. The Balaban J connectivity index is -0.000000290. The summed E-state index contributed by atoms with van der Waals surface area (Å²) in [6, 6.07) is 18.4. The van der Waals surface area contributed by atoms with Gasteiger partial charge < -0.3 is 0 Å². The van der Waals surface area contributed by atoms with Gasteiger partial charge in [-0.05, 0) is 119 Å². The van der Waals surface area contributed by atoms with Gasteiger partial charge in [-0.2, -0.15) is 0 Å². The highest BCUT2D eigenvalue weighted by molar-refractivity contribution is 5.42. The average Bonchev–Trinajstić information content (AvgIpc) is 3.76. The van der Waals surface area contributed by atoms with E-state index in [1.165, 1.54) is 25.7 Å². The van der Waals surface area contributed by atoms with Gasteiger partial charge in [-0.25, -0.2) is 0 Å². The SMILES string of the molecule is C.C.C.C.CC.CC.CC.CC.CC.CC.C[C@@H]1[C@@H]2[C@@H]3c4ccccc4CC3[C@@H]2C[C@@H]1C.C[C@H]1[C@H]2C3Cc4ccccc4[C@H]3[C@H]2C[C@H]1C. The molecule has 4 saturated carbocycles. The molecule has 0 aliphatic heterocycles. The van der Waals surface area contributed by atoms with Crippen molar-refractivity contribution in [1.82, 2.24) is 0 Å². The summed E-state index contributed by atoms with van der Waals surface area (Å²) in [4.78, 5) is 0. The molecular formula is C48H92. The molecule has 0 N–H and O–H groups in total. The van der Waals surface area contributed by atoms with Crippen LogP contribution < -0.4 is 0 Å². The van der Waals surface area contributed by atoms with Crippen molar-refractivity contribution in [3.8, 4) is 0 Å². The molecule has 12 atom stereocenters. The Morgan fingerprint density at radius 3 is 1.21 bits per heavy atom. The Morgan fingerprint density at radius 1 is 0.396 bits per heavy atom. The standard InChI is InChI=1S/2C16H20.6C2H6.4CH4/c1-9-7-13-15(10(9)2)14-8-11-5-3-4-6-12(11)16(13)14;1-9-7-13-14-8-11-5-3-4-6-12(11)16(14)15(13)10(9)2;6*1-2;;;;/h2*3-6,9-10,13-16H,7-8H2,1-2H3;6*1-2H3;4*1H4/t9-,10-,13+,14?,15-,16+;9-,10-,13-,14?,15-,16+;;;;;;;;;;/m10........../s1. The molecule has 2 aromatic carbocycles. The van der Waals surface area contributed by atoms with Crippen LogP contribution in [0, 0.1) is 59.2 Å². The van der Waals surface area contributed by atoms with Gasteiger partial charge in [-0.1, -0.05) is 189 Å².